The number of allylic oxidation sites excluding steroid dienone is 4. The van der Waals surface area contributed by atoms with Crippen LogP contribution in [0.5, 0.6) is 0 Å². The van der Waals surface area contributed by atoms with E-state index in [2.05, 4.69) is 0 Å². The largest absolute Gasteiger partial charge is 0.383 e. The normalized spacial score (nSPS) is 31.8. The Hall–Kier alpha value is -1.50. The molecule has 24 heavy (non-hydrogen) atoms. The Kier molecular flexibility index (Phi) is 3.28. The molecule has 0 nitrogen and oxygen atoms in total. The molecule has 138 valence electrons. The molecule has 0 spiro atoms. The van der Waals surface area contributed by atoms with Crippen LogP contribution in [0.4, 0.5) is 61.5 Å². The predicted molar refractivity (Wildman–Crippen MR) is 45.9 cm³/mol. The van der Waals surface area contributed by atoms with Crippen molar-refractivity contribution in [1.82, 2.24) is 0 Å². The maximum Gasteiger partial charge on any atom is 0.383 e. The third kappa shape index (κ3) is 1.57. The van der Waals surface area contributed by atoms with E-state index in [1.807, 2.05) is 0 Å². The SMILES string of the molecule is FC1=C(C2=C(F)C(F)(F)C(F)(F)C2(F)F)C(F)(F)C(F)(F)C1(F)F. The second-order valence-electron chi connectivity index (χ2n) is 4.82. The number of hydrogen-bond acceptors (Lipinski definition) is 0. The van der Waals surface area contributed by atoms with E-state index in [0.717, 1.165) is 0 Å². The molecule has 0 radical (unpaired) electrons. The van der Waals surface area contributed by atoms with Gasteiger partial charge in [0.1, 0.15) is 0 Å². The fourth-order valence-electron chi connectivity index (χ4n) is 2.11. The van der Waals surface area contributed by atoms with Gasteiger partial charge in [0.2, 0.25) is 0 Å². The Morgan fingerprint density at radius 1 is 0.375 bits per heavy atom. The van der Waals surface area contributed by atoms with Crippen molar-refractivity contribution < 1.29 is 61.5 Å². The lowest BCUT2D eigenvalue weighted by Gasteiger charge is -2.27. The van der Waals surface area contributed by atoms with E-state index in [-0.39, 0.29) is 0 Å². The standard InChI is InChI=1S/C10F14/c11-3-1(5(13,14)9(21,22)7(3,17)18)2-4(12)8(19,20)10(23,24)6(2,15)16. The molecule has 2 aliphatic carbocycles. The van der Waals surface area contributed by atoms with Gasteiger partial charge >= 0.3 is 35.5 Å². The molecule has 0 aliphatic heterocycles. The van der Waals surface area contributed by atoms with E-state index < -0.39 is 58.3 Å². The summed E-state index contributed by atoms with van der Waals surface area (Å²) in [6.45, 7) is 0. The zero-order valence-corrected chi connectivity index (χ0v) is 10.3. The van der Waals surface area contributed by atoms with Crippen LogP contribution in [-0.2, 0) is 0 Å². The first kappa shape index (κ1) is 18.8. The molecule has 0 aromatic heterocycles. The van der Waals surface area contributed by atoms with E-state index in [9.17, 15) is 61.5 Å². The highest BCUT2D eigenvalue weighted by atomic mass is 19.4. The summed E-state index contributed by atoms with van der Waals surface area (Å²) in [7, 11) is 0. The fraction of sp³-hybridized carbons (Fsp3) is 0.600. The third-order valence-corrected chi connectivity index (χ3v) is 3.45. The zero-order valence-electron chi connectivity index (χ0n) is 10.3. The number of rotatable bonds is 1. The summed E-state index contributed by atoms with van der Waals surface area (Å²) in [5.41, 5.74) is -7.87. The van der Waals surface area contributed by atoms with Gasteiger partial charge in [0.15, 0.2) is 11.7 Å². The second-order valence-corrected chi connectivity index (χ2v) is 4.82. The first-order valence-corrected chi connectivity index (χ1v) is 5.40. The molecule has 0 aromatic carbocycles. The molecule has 0 saturated heterocycles. The lowest BCUT2D eigenvalue weighted by molar-refractivity contribution is -0.273. The molecule has 0 N–H and O–H groups in total. The van der Waals surface area contributed by atoms with Crippen LogP contribution in [0.15, 0.2) is 22.8 Å². The second kappa shape index (κ2) is 4.18. The maximum absolute atomic E-state index is 13.3. The van der Waals surface area contributed by atoms with Crippen molar-refractivity contribution >= 4 is 0 Å². The van der Waals surface area contributed by atoms with Crippen LogP contribution in [0.2, 0.25) is 0 Å². The summed E-state index contributed by atoms with van der Waals surface area (Å²) >= 11 is 0. The Bertz CT molecular complexity index is 605. The molecule has 0 bridgehead atoms. The molecule has 0 atom stereocenters. The number of halogens is 14. The average Bonchev–Trinajstić information content (AvgIpc) is 2.53. The molecule has 0 aromatic rings. The van der Waals surface area contributed by atoms with E-state index in [0.29, 0.717) is 0 Å². The minimum Gasteiger partial charge on any atom is -0.204 e. The Morgan fingerprint density at radius 2 is 0.583 bits per heavy atom. The van der Waals surface area contributed by atoms with Gasteiger partial charge in [-0.05, 0) is 0 Å². The molecule has 2 aliphatic rings. The summed E-state index contributed by atoms with van der Waals surface area (Å²) in [6, 6.07) is 0. The predicted octanol–water partition coefficient (Wildman–Crippen LogP) is 5.27. The molecular weight excluding hydrogens is 386 g/mol. The average molecular weight is 386 g/mol. The van der Waals surface area contributed by atoms with Crippen molar-refractivity contribution in [1.29, 1.82) is 0 Å². The van der Waals surface area contributed by atoms with E-state index in [4.69, 9.17) is 0 Å². The summed E-state index contributed by atoms with van der Waals surface area (Å²) in [5.74, 6) is -48.2. The van der Waals surface area contributed by atoms with Crippen LogP contribution in [0, 0.1) is 0 Å². The van der Waals surface area contributed by atoms with Crippen LogP contribution in [0.1, 0.15) is 0 Å². The van der Waals surface area contributed by atoms with Crippen LogP contribution in [0.3, 0.4) is 0 Å². The lowest BCUT2D eigenvalue weighted by Crippen LogP contribution is -2.51. The van der Waals surface area contributed by atoms with Crippen molar-refractivity contribution in [3.8, 4) is 0 Å². The van der Waals surface area contributed by atoms with Crippen molar-refractivity contribution in [3.05, 3.63) is 22.8 Å². The van der Waals surface area contributed by atoms with Gasteiger partial charge < -0.3 is 0 Å². The Morgan fingerprint density at radius 3 is 0.708 bits per heavy atom. The van der Waals surface area contributed by atoms with Gasteiger partial charge in [-0.1, -0.05) is 0 Å². The summed E-state index contributed by atoms with van der Waals surface area (Å²) in [6.07, 6.45) is 0. The molecule has 2 rings (SSSR count). The van der Waals surface area contributed by atoms with Crippen molar-refractivity contribution in [2.45, 2.75) is 35.5 Å². The van der Waals surface area contributed by atoms with Gasteiger partial charge in [-0.15, -0.1) is 0 Å². The minimum atomic E-state index is -6.80. The van der Waals surface area contributed by atoms with Gasteiger partial charge in [-0.25, -0.2) is 8.78 Å². The fourth-order valence-corrected chi connectivity index (χ4v) is 2.11. The number of hydrogen-bond donors (Lipinski definition) is 0. The third-order valence-electron chi connectivity index (χ3n) is 3.45. The van der Waals surface area contributed by atoms with Crippen molar-refractivity contribution in [2.24, 2.45) is 0 Å². The quantitative estimate of drug-likeness (QED) is 0.539. The van der Waals surface area contributed by atoms with Gasteiger partial charge in [-0.2, -0.15) is 52.7 Å². The van der Waals surface area contributed by atoms with Crippen LogP contribution in [0.25, 0.3) is 0 Å². The van der Waals surface area contributed by atoms with E-state index in [1.54, 1.807) is 0 Å². The molecule has 0 unspecified atom stereocenters. The maximum atomic E-state index is 13.3. The van der Waals surface area contributed by atoms with E-state index in [1.165, 1.54) is 0 Å². The number of alkyl halides is 12. The molecular formula is C10F14. The molecule has 0 fully saturated rings. The minimum absolute atomic E-state index is 3.93. The highest BCUT2D eigenvalue weighted by molar-refractivity contribution is 5.58. The van der Waals surface area contributed by atoms with Gasteiger partial charge in [0.25, 0.3) is 0 Å². The van der Waals surface area contributed by atoms with Gasteiger partial charge in [0, 0.05) is 0 Å². The Balaban J connectivity index is 2.90. The summed E-state index contributed by atoms with van der Waals surface area (Å²) in [5, 5.41) is 0. The zero-order chi connectivity index (χ0) is 19.3. The molecule has 0 amide bonds. The lowest BCUT2D eigenvalue weighted by atomic mass is 9.96. The highest BCUT2D eigenvalue weighted by Gasteiger charge is 2.88. The van der Waals surface area contributed by atoms with Crippen LogP contribution >= 0.6 is 0 Å². The smallest absolute Gasteiger partial charge is 0.204 e. The van der Waals surface area contributed by atoms with E-state index >= 15 is 0 Å². The highest BCUT2D eigenvalue weighted by Crippen LogP contribution is 2.68. The molecule has 0 heterocycles. The van der Waals surface area contributed by atoms with Crippen LogP contribution in [-0.4, -0.2) is 35.5 Å². The Labute approximate surface area is 121 Å². The topological polar surface area (TPSA) is 0 Å². The first-order chi connectivity index (χ1) is 10.3. The summed E-state index contributed by atoms with van der Waals surface area (Å²) < 4.78 is 182. The monoisotopic (exact) mass is 386 g/mol. The first-order valence-electron chi connectivity index (χ1n) is 5.40. The van der Waals surface area contributed by atoms with Crippen molar-refractivity contribution in [3.63, 3.8) is 0 Å². The van der Waals surface area contributed by atoms with Crippen molar-refractivity contribution in [2.75, 3.05) is 0 Å². The van der Waals surface area contributed by atoms with Gasteiger partial charge in [0.05, 0.1) is 11.1 Å². The molecule has 0 saturated carbocycles. The molecule has 14 heteroatoms. The van der Waals surface area contributed by atoms with Crippen LogP contribution < -0.4 is 0 Å². The summed E-state index contributed by atoms with van der Waals surface area (Å²) in [4.78, 5) is 0. The van der Waals surface area contributed by atoms with Gasteiger partial charge in [-0.3, -0.25) is 0 Å².